The van der Waals surface area contributed by atoms with Crippen molar-refractivity contribution in [1.82, 2.24) is 4.72 Å². The van der Waals surface area contributed by atoms with Gasteiger partial charge >= 0.3 is 0 Å². The average Bonchev–Trinajstić information content (AvgIpc) is 2.86. The van der Waals surface area contributed by atoms with Gasteiger partial charge < -0.3 is 4.42 Å². The van der Waals surface area contributed by atoms with Crippen molar-refractivity contribution in [1.29, 1.82) is 0 Å². The van der Waals surface area contributed by atoms with Crippen molar-refractivity contribution in [3.63, 3.8) is 0 Å². The number of carbonyl (C=O) groups excluding carboxylic acids is 1. The highest BCUT2D eigenvalue weighted by atomic mass is 32.2. The van der Waals surface area contributed by atoms with E-state index in [1.165, 1.54) is 12.3 Å². The molecule has 1 aromatic rings. The van der Waals surface area contributed by atoms with E-state index in [0.29, 0.717) is 5.76 Å². The first-order chi connectivity index (χ1) is 8.96. The Balaban J connectivity index is 2.55. The number of amides is 1. The first-order valence-electron chi connectivity index (χ1n) is 6.23. The van der Waals surface area contributed by atoms with Crippen molar-refractivity contribution in [2.75, 3.05) is 5.75 Å². The summed E-state index contributed by atoms with van der Waals surface area (Å²) in [6, 6.07) is 3.35. The summed E-state index contributed by atoms with van der Waals surface area (Å²) in [6.45, 7) is 3.87. The van der Waals surface area contributed by atoms with Crippen LogP contribution in [-0.2, 0) is 14.8 Å². The minimum atomic E-state index is -3.58. The molecule has 0 aliphatic heterocycles. The van der Waals surface area contributed by atoms with E-state index in [1.54, 1.807) is 12.1 Å². The molecule has 0 aliphatic rings. The van der Waals surface area contributed by atoms with Gasteiger partial charge in [-0.15, -0.1) is 0 Å². The number of sulfonamides is 1. The van der Waals surface area contributed by atoms with Gasteiger partial charge in [0, 0.05) is 6.08 Å². The van der Waals surface area contributed by atoms with Gasteiger partial charge in [-0.3, -0.25) is 4.79 Å². The Morgan fingerprint density at radius 2 is 2.11 bits per heavy atom. The smallest absolute Gasteiger partial charge is 0.257 e. The first kappa shape index (κ1) is 15.5. The molecule has 0 bridgehead atoms. The Labute approximate surface area is 113 Å². The van der Waals surface area contributed by atoms with Crippen LogP contribution < -0.4 is 4.72 Å². The van der Waals surface area contributed by atoms with E-state index in [4.69, 9.17) is 4.42 Å². The molecule has 0 saturated heterocycles. The summed E-state index contributed by atoms with van der Waals surface area (Å²) < 4.78 is 30.5. The summed E-state index contributed by atoms with van der Waals surface area (Å²) in [5, 5.41) is 0. The van der Waals surface area contributed by atoms with Gasteiger partial charge in [0.1, 0.15) is 5.76 Å². The van der Waals surface area contributed by atoms with Gasteiger partial charge in [-0.1, -0.05) is 26.7 Å². The molecule has 0 fully saturated rings. The SMILES string of the molecule is CCC(CC)CS(=O)(=O)NC(=O)/C=C\c1ccco1. The summed E-state index contributed by atoms with van der Waals surface area (Å²) in [6.07, 6.45) is 5.58. The van der Waals surface area contributed by atoms with Crippen LogP contribution in [0.15, 0.2) is 28.9 Å². The van der Waals surface area contributed by atoms with Gasteiger partial charge in [0.2, 0.25) is 10.0 Å². The van der Waals surface area contributed by atoms with E-state index in [-0.39, 0.29) is 11.7 Å². The van der Waals surface area contributed by atoms with Crippen LogP contribution in [-0.4, -0.2) is 20.1 Å². The monoisotopic (exact) mass is 285 g/mol. The van der Waals surface area contributed by atoms with Crippen LogP contribution in [0.3, 0.4) is 0 Å². The van der Waals surface area contributed by atoms with E-state index < -0.39 is 15.9 Å². The Morgan fingerprint density at radius 3 is 2.63 bits per heavy atom. The second-order valence-electron chi connectivity index (χ2n) is 4.28. The Morgan fingerprint density at radius 1 is 1.42 bits per heavy atom. The number of carbonyl (C=O) groups is 1. The Bertz CT molecular complexity index is 513. The molecule has 0 atom stereocenters. The van der Waals surface area contributed by atoms with Crippen molar-refractivity contribution >= 4 is 22.0 Å². The average molecular weight is 285 g/mol. The zero-order valence-corrected chi connectivity index (χ0v) is 11.9. The third kappa shape index (κ3) is 5.74. The molecule has 0 aromatic carbocycles. The summed E-state index contributed by atoms with van der Waals surface area (Å²) in [5.41, 5.74) is 0. The molecule has 19 heavy (non-hydrogen) atoms. The predicted molar refractivity (Wildman–Crippen MR) is 73.7 cm³/mol. The molecule has 1 aromatic heterocycles. The molecule has 0 spiro atoms. The summed E-state index contributed by atoms with van der Waals surface area (Å²) in [5.74, 6) is -0.130. The van der Waals surface area contributed by atoms with Crippen LogP contribution in [0, 0.1) is 5.92 Å². The second kappa shape index (κ2) is 7.13. The van der Waals surface area contributed by atoms with E-state index >= 15 is 0 Å². The summed E-state index contributed by atoms with van der Waals surface area (Å²) in [7, 11) is -3.58. The topological polar surface area (TPSA) is 76.4 Å². The van der Waals surface area contributed by atoms with E-state index in [9.17, 15) is 13.2 Å². The number of hydrogen-bond donors (Lipinski definition) is 1. The maximum atomic E-state index is 11.7. The molecular weight excluding hydrogens is 266 g/mol. The number of furan rings is 1. The van der Waals surface area contributed by atoms with Crippen molar-refractivity contribution in [2.24, 2.45) is 5.92 Å². The molecule has 0 aliphatic carbocycles. The van der Waals surface area contributed by atoms with Gasteiger partial charge in [0.05, 0.1) is 12.0 Å². The first-order valence-corrected chi connectivity index (χ1v) is 7.88. The highest BCUT2D eigenvalue weighted by Crippen LogP contribution is 2.10. The minimum absolute atomic E-state index is 0.0274. The van der Waals surface area contributed by atoms with Gasteiger partial charge in [0.15, 0.2) is 0 Å². The number of nitrogens with one attached hydrogen (secondary N) is 1. The molecule has 6 heteroatoms. The highest BCUT2D eigenvalue weighted by molar-refractivity contribution is 7.90. The largest absolute Gasteiger partial charge is 0.465 e. The molecule has 1 amide bonds. The lowest BCUT2D eigenvalue weighted by Gasteiger charge is -2.12. The second-order valence-corrected chi connectivity index (χ2v) is 6.05. The van der Waals surface area contributed by atoms with Crippen LogP contribution in [0.2, 0.25) is 0 Å². The van der Waals surface area contributed by atoms with Gasteiger partial charge in [0.25, 0.3) is 5.91 Å². The lowest BCUT2D eigenvalue weighted by molar-refractivity contribution is -0.114. The van der Waals surface area contributed by atoms with Crippen LogP contribution in [0.25, 0.3) is 6.08 Å². The Kier molecular flexibility index (Phi) is 5.82. The molecule has 1 rings (SSSR count). The van der Waals surface area contributed by atoms with Crippen LogP contribution in [0.1, 0.15) is 32.4 Å². The molecular formula is C13H19NO4S. The normalized spacial score (nSPS) is 12.2. The Hall–Kier alpha value is -1.56. The van der Waals surface area contributed by atoms with Gasteiger partial charge in [-0.25, -0.2) is 13.1 Å². The molecule has 5 nitrogen and oxygen atoms in total. The van der Waals surface area contributed by atoms with E-state index in [1.807, 2.05) is 18.6 Å². The van der Waals surface area contributed by atoms with Gasteiger partial charge in [-0.05, 0) is 24.1 Å². The van der Waals surface area contributed by atoms with Crippen molar-refractivity contribution in [3.8, 4) is 0 Å². The summed E-state index contributed by atoms with van der Waals surface area (Å²) >= 11 is 0. The van der Waals surface area contributed by atoms with Crippen LogP contribution in [0.4, 0.5) is 0 Å². The quantitative estimate of drug-likeness (QED) is 0.779. The standard InChI is InChI=1S/C13H19NO4S/c1-3-11(4-2)10-19(16,17)14-13(15)8-7-12-6-5-9-18-12/h5-9,11H,3-4,10H2,1-2H3,(H,14,15)/b8-7-. The highest BCUT2D eigenvalue weighted by Gasteiger charge is 2.18. The fourth-order valence-corrected chi connectivity index (χ4v) is 3.16. The van der Waals surface area contributed by atoms with Crippen LogP contribution >= 0.6 is 0 Å². The number of rotatable bonds is 7. The predicted octanol–water partition coefficient (Wildman–Crippen LogP) is 2.17. The fraction of sp³-hybridized carbons (Fsp3) is 0.462. The third-order valence-electron chi connectivity index (χ3n) is 2.81. The maximum Gasteiger partial charge on any atom is 0.257 e. The molecule has 1 heterocycles. The van der Waals surface area contributed by atoms with E-state index in [0.717, 1.165) is 18.9 Å². The number of hydrogen-bond acceptors (Lipinski definition) is 4. The lowest BCUT2D eigenvalue weighted by Crippen LogP contribution is -2.33. The fourth-order valence-electron chi connectivity index (χ4n) is 1.61. The van der Waals surface area contributed by atoms with Crippen molar-refractivity contribution in [3.05, 3.63) is 30.2 Å². The zero-order chi connectivity index (χ0) is 14.3. The zero-order valence-electron chi connectivity index (χ0n) is 11.1. The van der Waals surface area contributed by atoms with E-state index in [2.05, 4.69) is 0 Å². The molecule has 0 unspecified atom stereocenters. The molecule has 106 valence electrons. The minimum Gasteiger partial charge on any atom is -0.465 e. The van der Waals surface area contributed by atoms with Gasteiger partial charge in [-0.2, -0.15) is 0 Å². The third-order valence-corrected chi connectivity index (χ3v) is 4.23. The molecule has 1 N–H and O–H groups in total. The maximum absolute atomic E-state index is 11.7. The van der Waals surface area contributed by atoms with Crippen molar-refractivity contribution < 1.29 is 17.6 Å². The summed E-state index contributed by atoms with van der Waals surface area (Å²) in [4.78, 5) is 11.5. The lowest BCUT2D eigenvalue weighted by atomic mass is 10.1. The van der Waals surface area contributed by atoms with Crippen molar-refractivity contribution in [2.45, 2.75) is 26.7 Å². The molecule has 0 saturated carbocycles. The van der Waals surface area contributed by atoms with Crippen LogP contribution in [0.5, 0.6) is 0 Å². The molecule has 0 radical (unpaired) electrons.